The van der Waals surface area contributed by atoms with Gasteiger partial charge in [-0.25, -0.2) is 0 Å². The second kappa shape index (κ2) is 7.95. The number of methoxy groups -OCH3 is 1. The zero-order valence-electron chi connectivity index (χ0n) is 11.1. The average Bonchev–Trinajstić information content (AvgIpc) is 2.37. The van der Waals surface area contributed by atoms with E-state index in [1.807, 2.05) is 31.2 Å². The van der Waals surface area contributed by atoms with Gasteiger partial charge < -0.3 is 15.4 Å². The predicted octanol–water partition coefficient (Wildman–Crippen LogP) is 1.47. The maximum Gasteiger partial charge on any atom is 0.227 e. The van der Waals surface area contributed by atoms with Gasteiger partial charge in [-0.15, -0.1) is 12.4 Å². The van der Waals surface area contributed by atoms with Crippen molar-refractivity contribution in [2.24, 2.45) is 5.73 Å². The first-order chi connectivity index (χ1) is 8.10. The maximum absolute atomic E-state index is 12.0. The molecule has 18 heavy (non-hydrogen) atoms. The third-order valence-electron chi connectivity index (χ3n) is 2.93. The van der Waals surface area contributed by atoms with Crippen LogP contribution in [-0.2, 0) is 11.2 Å². The zero-order valence-corrected chi connectivity index (χ0v) is 11.9. The molecule has 1 aromatic carbocycles. The SMILES string of the molecule is COc1ccccc1CC(=O)N(C)C(C)CN.Cl. The normalized spacial score (nSPS) is 11.3. The van der Waals surface area contributed by atoms with Gasteiger partial charge in [-0.1, -0.05) is 18.2 Å². The van der Waals surface area contributed by atoms with Crippen LogP contribution in [0.4, 0.5) is 0 Å². The number of rotatable bonds is 5. The molecule has 1 atom stereocenters. The molecule has 0 fully saturated rings. The highest BCUT2D eigenvalue weighted by Gasteiger charge is 2.16. The average molecular weight is 273 g/mol. The first kappa shape index (κ1) is 16.7. The third-order valence-corrected chi connectivity index (χ3v) is 2.93. The number of hydrogen-bond donors (Lipinski definition) is 1. The highest BCUT2D eigenvalue weighted by molar-refractivity contribution is 5.85. The molecule has 0 bridgehead atoms. The minimum absolute atomic E-state index is 0. The van der Waals surface area contributed by atoms with Gasteiger partial charge in [-0.3, -0.25) is 4.79 Å². The van der Waals surface area contributed by atoms with Gasteiger partial charge in [0.25, 0.3) is 0 Å². The highest BCUT2D eigenvalue weighted by Crippen LogP contribution is 2.18. The third kappa shape index (κ3) is 4.20. The number of nitrogens with zero attached hydrogens (tertiary/aromatic N) is 1. The number of para-hydroxylation sites is 1. The number of halogens is 1. The van der Waals surface area contributed by atoms with Crippen LogP contribution in [0.25, 0.3) is 0 Å². The quantitative estimate of drug-likeness (QED) is 0.883. The Labute approximate surface area is 115 Å². The van der Waals surface area contributed by atoms with E-state index in [9.17, 15) is 4.79 Å². The van der Waals surface area contributed by atoms with Gasteiger partial charge in [0, 0.05) is 25.2 Å². The Bertz CT molecular complexity index is 385. The molecule has 0 saturated carbocycles. The van der Waals surface area contributed by atoms with Crippen LogP contribution in [-0.4, -0.2) is 37.6 Å². The van der Waals surface area contributed by atoms with Crippen LogP contribution >= 0.6 is 12.4 Å². The van der Waals surface area contributed by atoms with Crippen molar-refractivity contribution in [2.45, 2.75) is 19.4 Å². The smallest absolute Gasteiger partial charge is 0.227 e. The number of ether oxygens (including phenoxy) is 1. The lowest BCUT2D eigenvalue weighted by Gasteiger charge is -2.24. The Hall–Kier alpha value is -1.26. The van der Waals surface area contributed by atoms with E-state index < -0.39 is 0 Å². The highest BCUT2D eigenvalue weighted by atomic mass is 35.5. The number of likely N-dealkylation sites (N-methyl/N-ethyl adjacent to an activating group) is 1. The lowest BCUT2D eigenvalue weighted by molar-refractivity contribution is -0.130. The van der Waals surface area contributed by atoms with Crippen molar-refractivity contribution >= 4 is 18.3 Å². The number of carbonyl (C=O) groups excluding carboxylic acids is 1. The first-order valence-corrected chi connectivity index (χ1v) is 5.67. The molecule has 0 saturated heterocycles. The molecule has 0 aliphatic rings. The Kier molecular flexibility index (Phi) is 7.39. The van der Waals surface area contributed by atoms with Gasteiger partial charge in [0.2, 0.25) is 5.91 Å². The van der Waals surface area contributed by atoms with E-state index in [2.05, 4.69) is 0 Å². The van der Waals surface area contributed by atoms with E-state index in [0.29, 0.717) is 13.0 Å². The molecular weight excluding hydrogens is 252 g/mol. The molecule has 1 rings (SSSR count). The molecule has 0 spiro atoms. The van der Waals surface area contributed by atoms with E-state index in [-0.39, 0.29) is 24.4 Å². The molecule has 1 unspecified atom stereocenters. The molecule has 4 nitrogen and oxygen atoms in total. The molecule has 102 valence electrons. The van der Waals surface area contributed by atoms with E-state index in [1.165, 1.54) is 0 Å². The monoisotopic (exact) mass is 272 g/mol. The van der Waals surface area contributed by atoms with Crippen LogP contribution in [0, 0.1) is 0 Å². The summed E-state index contributed by atoms with van der Waals surface area (Å²) in [5, 5.41) is 0. The lowest BCUT2D eigenvalue weighted by atomic mass is 10.1. The number of amides is 1. The largest absolute Gasteiger partial charge is 0.496 e. The second-order valence-electron chi connectivity index (χ2n) is 4.08. The minimum Gasteiger partial charge on any atom is -0.496 e. The van der Waals surface area contributed by atoms with Crippen LogP contribution in [0.2, 0.25) is 0 Å². The van der Waals surface area contributed by atoms with E-state index >= 15 is 0 Å². The summed E-state index contributed by atoms with van der Waals surface area (Å²) in [6.07, 6.45) is 0.338. The van der Waals surface area contributed by atoms with Crippen molar-refractivity contribution in [3.63, 3.8) is 0 Å². The van der Waals surface area contributed by atoms with E-state index in [1.54, 1.807) is 19.1 Å². The number of carbonyl (C=O) groups is 1. The Morgan fingerprint density at radius 2 is 2.06 bits per heavy atom. The minimum atomic E-state index is 0. The summed E-state index contributed by atoms with van der Waals surface area (Å²) in [7, 11) is 3.38. The summed E-state index contributed by atoms with van der Waals surface area (Å²) in [6.45, 7) is 2.40. The fraction of sp³-hybridized carbons (Fsp3) is 0.462. The Morgan fingerprint density at radius 3 is 2.61 bits per heavy atom. The molecule has 0 aliphatic carbocycles. The van der Waals surface area contributed by atoms with Crippen molar-refractivity contribution in [1.82, 2.24) is 4.90 Å². The zero-order chi connectivity index (χ0) is 12.8. The summed E-state index contributed by atoms with van der Waals surface area (Å²) in [5.74, 6) is 0.794. The molecule has 1 aromatic rings. The molecule has 5 heteroatoms. The van der Waals surface area contributed by atoms with Crippen LogP contribution in [0.15, 0.2) is 24.3 Å². The standard InChI is InChI=1S/C13H20N2O2.ClH/c1-10(9-14)15(2)13(16)8-11-6-4-5-7-12(11)17-3;/h4-7,10H,8-9,14H2,1-3H3;1H. The van der Waals surface area contributed by atoms with Crippen LogP contribution in [0.3, 0.4) is 0 Å². The van der Waals surface area contributed by atoms with Crippen molar-refractivity contribution < 1.29 is 9.53 Å². The summed E-state index contributed by atoms with van der Waals surface area (Å²) in [5.41, 5.74) is 6.44. The molecule has 0 aromatic heterocycles. The maximum atomic E-state index is 12.0. The predicted molar refractivity (Wildman–Crippen MR) is 75.2 cm³/mol. The van der Waals surface area contributed by atoms with Gasteiger partial charge in [-0.2, -0.15) is 0 Å². The number of nitrogens with two attached hydrogens (primary N) is 1. The van der Waals surface area contributed by atoms with Crippen molar-refractivity contribution in [1.29, 1.82) is 0 Å². The van der Waals surface area contributed by atoms with Crippen molar-refractivity contribution in [3.8, 4) is 5.75 Å². The Balaban J connectivity index is 0.00000289. The summed E-state index contributed by atoms with van der Waals surface area (Å²) in [6, 6.07) is 7.60. The molecular formula is C13H21ClN2O2. The lowest BCUT2D eigenvalue weighted by Crippen LogP contribution is -2.40. The van der Waals surface area contributed by atoms with Gasteiger partial charge in [-0.05, 0) is 13.0 Å². The molecule has 0 radical (unpaired) electrons. The van der Waals surface area contributed by atoms with Crippen LogP contribution < -0.4 is 10.5 Å². The number of benzene rings is 1. The molecule has 0 heterocycles. The topological polar surface area (TPSA) is 55.6 Å². The molecule has 2 N–H and O–H groups in total. The fourth-order valence-corrected chi connectivity index (χ4v) is 1.54. The molecule has 1 amide bonds. The van der Waals surface area contributed by atoms with Crippen LogP contribution in [0.5, 0.6) is 5.75 Å². The summed E-state index contributed by atoms with van der Waals surface area (Å²) >= 11 is 0. The van der Waals surface area contributed by atoms with E-state index in [4.69, 9.17) is 10.5 Å². The van der Waals surface area contributed by atoms with E-state index in [0.717, 1.165) is 11.3 Å². The summed E-state index contributed by atoms with van der Waals surface area (Å²) in [4.78, 5) is 13.7. The van der Waals surface area contributed by atoms with Gasteiger partial charge in [0.15, 0.2) is 0 Å². The van der Waals surface area contributed by atoms with Gasteiger partial charge in [0.1, 0.15) is 5.75 Å². The van der Waals surface area contributed by atoms with Crippen molar-refractivity contribution in [3.05, 3.63) is 29.8 Å². The molecule has 0 aliphatic heterocycles. The first-order valence-electron chi connectivity index (χ1n) is 5.67. The fourth-order valence-electron chi connectivity index (χ4n) is 1.54. The summed E-state index contributed by atoms with van der Waals surface area (Å²) < 4.78 is 5.22. The Morgan fingerprint density at radius 1 is 1.44 bits per heavy atom. The second-order valence-corrected chi connectivity index (χ2v) is 4.08. The van der Waals surface area contributed by atoms with Crippen molar-refractivity contribution in [2.75, 3.05) is 20.7 Å². The van der Waals surface area contributed by atoms with Crippen LogP contribution in [0.1, 0.15) is 12.5 Å². The van der Waals surface area contributed by atoms with Gasteiger partial charge >= 0.3 is 0 Å². The van der Waals surface area contributed by atoms with Gasteiger partial charge in [0.05, 0.1) is 13.5 Å². The number of hydrogen-bond acceptors (Lipinski definition) is 3.